The summed E-state index contributed by atoms with van der Waals surface area (Å²) >= 11 is 0. The van der Waals surface area contributed by atoms with Gasteiger partial charge < -0.3 is 14.6 Å². The van der Waals surface area contributed by atoms with Crippen molar-refractivity contribution in [2.24, 2.45) is 5.92 Å². The summed E-state index contributed by atoms with van der Waals surface area (Å²) in [6.45, 7) is 1.86. The Morgan fingerprint density at radius 2 is 2.04 bits per heavy atom. The highest BCUT2D eigenvalue weighted by atomic mass is 16.5. The quantitative estimate of drug-likeness (QED) is 0.763. The number of pyridine rings is 1. The number of hydrogen-bond acceptors (Lipinski definition) is 4. The first-order valence-electron chi connectivity index (χ1n) is 9.10. The second kappa shape index (κ2) is 7.78. The third kappa shape index (κ3) is 4.10. The Morgan fingerprint density at radius 1 is 1.30 bits per heavy atom. The molecule has 1 aliphatic carbocycles. The molecule has 6 nitrogen and oxygen atoms in total. The van der Waals surface area contributed by atoms with Crippen LogP contribution in [0.4, 0.5) is 0 Å². The van der Waals surface area contributed by atoms with Crippen LogP contribution in [0.25, 0.3) is 0 Å². The van der Waals surface area contributed by atoms with E-state index in [0.29, 0.717) is 23.7 Å². The summed E-state index contributed by atoms with van der Waals surface area (Å²) in [5.41, 5.74) is 0.808. The standard InChI is InChI=1S/C21H24N2O4/c1-13(15-5-4-6-17(10-15)27-3)23-12-16(19(24)9-14-7-8-14)11-18(21(23)26)20(25)22-2/h4-6,10-14H,7-9H2,1-3H3,(H,22,25). The minimum Gasteiger partial charge on any atom is -0.497 e. The molecule has 0 bridgehead atoms. The molecule has 3 rings (SSSR count). The maximum atomic E-state index is 12.9. The van der Waals surface area contributed by atoms with Crippen LogP contribution in [0.3, 0.4) is 0 Å². The lowest BCUT2D eigenvalue weighted by Crippen LogP contribution is -2.33. The summed E-state index contributed by atoms with van der Waals surface area (Å²) in [5.74, 6) is 0.582. The van der Waals surface area contributed by atoms with Gasteiger partial charge in [0, 0.05) is 25.2 Å². The molecule has 1 aliphatic rings. The molecule has 1 heterocycles. The van der Waals surface area contributed by atoms with Crippen LogP contribution in [-0.2, 0) is 0 Å². The van der Waals surface area contributed by atoms with Crippen molar-refractivity contribution in [1.29, 1.82) is 0 Å². The van der Waals surface area contributed by atoms with Crippen LogP contribution < -0.4 is 15.6 Å². The molecular formula is C21H24N2O4. The summed E-state index contributed by atoms with van der Waals surface area (Å²) in [6, 6.07) is 8.46. The molecule has 1 aromatic heterocycles. The summed E-state index contributed by atoms with van der Waals surface area (Å²) < 4.78 is 6.72. The predicted molar refractivity (Wildman–Crippen MR) is 103 cm³/mol. The van der Waals surface area contributed by atoms with Gasteiger partial charge in [0.05, 0.1) is 13.2 Å². The monoisotopic (exact) mass is 368 g/mol. The number of benzene rings is 1. The van der Waals surface area contributed by atoms with Crippen LogP contribution in [0.15, 0.2) is 41.3 Å². The number of rotatable bonds is 7. The number of nitrogens with one attached hydrogen (secondary N) is 1. The fourth-order valence-electron chi connectivity index (χ4n) is 3.10. The van der Waals surface area contributed by atoms with Crippen molar-refractivity contribution in [3.05, 3.63) is 63.6 Å². The number of amides is 1. The van der Waals surface area contributed by atoms with Crippen LogP contribution in [0.1, 0.15) is 58.5 Å². The summed E-state index contributed by atoms with van der Waals surface area (Å²) in [5, 5.41) is 2.48. The first-order valence-corrected chi connectivity index (χ1v) is 9.10. The lowest BCUT2D eigenvalue weighted by molar-refractivity contribution is 0.0961. The fourth-order valence-corrected chi connectivity index (χ4v) is 3.10. The van der Waals surface area contributed by atoms with E-state index < -0.39 is 11.5 Å². The molecule has 1 aromatic carbocycles. The van der Waals surface area contributed by atoms with Gasteiger partial charge >= 0.3 is 0 Å². The van der Waals surface area contributed by atoms with Crippen molar-refractivity contribution in [3.8, 4) is 5.75 Å². The molecule has 0 saturated heterocycles. The Kier molecular flexibility index (Phi) is 5.44. The smallest absolute Gasteiger partial charge is 0.263 e. The lowest BCUT2D eigenvalue weighted by atomic mass is 10.0. The van der Waals surface area contributed by atoms with Crippen molar-refractivity contribution in [2.45, 2.75) is 32.2 Å². The second-order valence-corrected chi connectivity index (χ2v) is 6.96. The number of carbonyl (C=O) groups is 2. The van der Waals surface area contributed by atoms with E-state index in [1.807, 2.05) is 31.2 Å². The Hall–Kier alpha value is -2.89. The molecule has 0 spiro atoms. The molecule has 1 unspecified atom stereocenters. The van der Waals surface area contributed by atoms with Gasteiger partial charge in [-0.05, 0) is 49.4 Å². The molecule has 1 atom stereocenters. The zero-order valence-electron chi connectivity index (χ0n) is 15.8. The third-order valence-corrected chi connectivity index (χ3v) is 5.00. The van der Waals surface area contributed by atoms with Gasteiger partial charge in [-0.2, -0.15) is 0 Å². The fraction of sp³-hybridized carbons (Fsp3) is 0.381. The van der Waals surface area contributed by atoms with Crippen molar-refractivity contribution in [1.82, 2.24) is 9.88 Å². The molecule has 1 amide bonds. The summed E-state index contributed by atoms with van der Waals surface area (Å²) in [4.78, 5) is 37.7. The molecule has 1 saturated carbocycles. The zero-order chi connectivity index (χ0) is 19.6. The minimum atomic E-state index is -0.493. The van der Waals surface area contributed by atoms with E-state index in [4.69, 9.17) is 4.74 Å². The van der Waals surface area contributed by atoms with E-state index in [0.717, 1.165) is 18.4 Å². The first kappa shape index (κ1) is 18.9. The Morgan fingerprint density at radius 3 is 2.67 bits per heavy atom. The molecular weight excluding hydrogens is 344 g/mol. The SMILES string of the molecule is CNC(=O)c1cc(C(=O)CC2CC2)cn(C(C)c2cccc(OC)c2)c1=O. The molecule has 6 heteroatoms. The number of aromatic nitrogens is 1. The van der Waals surface area contributed by atoms with Crippen molar-refractivity contribution < 1.29 is 14.3 Å². The van der Waals surface area contributed by atoms with Crippen LogP contribution in [0.5, 0.6) is 5.75 Å². The van der Waals surface area contributed by atoms with Gasteiger partial charge in [-0.3, -0.25) is 14.4 Å². The number of nitrogens with zero attached hydrogens (tertiary/aromatic N) is 1. The molecule has 142 valence electrons. The predicted octanol–water partition coefficient (Wildman–Crippen LogP) is 2.81. The van der Waals surface area contributed by atoms with Crippen LogP contribution in [0, 0.1) is 5.92 Å². The largest absolute Gasteiger partial charge is 0.497 e. The number of ether oxygens (including phenoxy) is 1. The van der Waals surface area contributed by atoms with E-state index >= 15 is 0 Å². The van der Waals surface area contributed by atoms with Crippen molar-refractivity contribution in [2.75, 3.05) is 14.2 Å². The molecule has 2 aromatic rings. The van der Waals surface area contributed by atoms with Gasteiger partial charge in [0.1, 0.15) is 11.3 Å². The minimum absolute atomic E-state index is 0.0195. The van der Waals surface area contributed by atoms with Crippen molar-refractivity contribution in [3.63, 3.8) is 0 Å². The Bertz CT molecular complexity index is 928. The van der Waals surface area contributed by atoms with E-state index in [9.17, 15) is 14.4 Å². The van der Waals surface area contributed by atoms with E-state index in [2.05, 4.69) is 5.32 Å². The first-order chi connectivity index (χ1) is 12.9. The zero-order valence-corrected chi connectivity index (χ0v) is 15.8. The van der Waals surface area contributed by atoms with Gasteiger partial charge in [0.25, 0.3) is 11.5 Å². The van der Waals surface area contributed by atoms with E-state index in [1.165, 1.54) is 17.7 Å². The van der Waals surface area contributed by atoms with Gasteiger partial charge in [-0.1, -0.05) is 12.1 Å². The molecule has 27 heavy (non-hydrogen) atoms. The number of hydrogen-bond donors (Lipinski definition) is 1. The molecule has 1 N–H and O–H groups in total. The normalized spacial score (nSPS) is 14.5. The van der Waals surface area contributed by atoms with Crippen LogP contribution in [0.2, 0.25) is 0 Å². The van der Waals surface area contributed by atoms with Crippen LogP contribution >= 0.6 is 0 Å². The van der Waals surface area contributed by atoms with Crippen molar-refractivity contribution >= 4 is 11.7 Å². The van der Waals surface area contributed by atoms with Gasteiger partial charge in [0.2, 0.25) is 0 Å². The summed E-state index contributed by atoms with van der Waals surface area (Å²) in [7, 11) is 3.05. The van der Waals surface area contributed by atoms with E-state index in [-0.39, 0.29) is 17.4 Å². The molecule has 0 radical (unpaired) electrons. The highest BCUT2D eigenvalue weighted by molar-refractivity contribution is 6.00. The van der Waals surface area contributed by atoms with Crippen LogP contribution in [-0.4, -0.2) is 30.4 Å². The number of methoxy groups -OCH3 is 1. The molecule has 0 aliphatic heterocycles. The van der Waals surface area contributed by atoms with Gasteiger partial charge in [-0.15, -0.1) is 0 Å². The van der Waals surface area contributed by atoms with E-state index in [1.54, 1.807) is 13.3 Å². The average Bonchev–Trinajstić information content (AvgIpc) is 3.50. The maximum Gasteiger partial charge on any atom is 0.263 e. The van der Waals surface area contributed by atoms with Gasteiger partial charge in [0.15, 0.2) is 5.78 Å². The topological polar surface area (TPSA) is 77.4 Å². The second-order valence-electron chi connectivity index (χ2n) is 6.96. The Labute approximate surface area is 158 Å². The number of carbonyl (C=O) groups excluding carboxylic acids is 2. The lowest BCUT2D eigenvalue weighted by Gasteiger charge is -2.18. The van der Waals surface area contributed by atoms with Gasteiger partial charge in [-0.25, -0.2) is 0 Å². The highest BCUT2D eigenvalue weighted by Crippen LogP contribution is 2.33. The maximum absolute atomic E-state index is 12.9. The summed E-state index contributed by atoms with van der Waals surface area (Å²) in [6.07, 6.45) is 4.16. The Balaban J connectivity index is 2.07. The average molecular weight is 368 g/mol. The number of ketones is 1. The molecule has 1 fully saturated rings. The number of Topliss-reactive ketones (excluding diaryl/α,β-unsaturated/α-hetero) is 1. The highest BCUT2D eigenvalue weighted by Gasteiger charge is 2.26. The third-order valence-electron chi connectivity index (χ3n) is 5.00.